The third-order valence-corrected chi connectivity index (χ3v) is 2.68. The highest BCUT2D eigenvalue weighted by Crippen LogP contribution is 2.25. The van der Waals surface area contributed by atoms with Gasteiger partial charge >= 0.3 is 0 Å². The number of nitrogens with one attached hydrogen (secondary N) is 1. The van der Waals surface area contributed by atoms with Gasteiger partial charge in [-0.15, -0.1) is 0 Å². The number of hydrogen-bond donors (Lipinski definition) is 1. The molecule has 0 unspecified atom stereocenters. The van der Waals surface area contributed by atoms with Crippen LogP contribution in [0.4, 0.5) is 15.8 Å². The number of nitro benzene ring substituents is 1. The van der Waals surface area contributed by atoms with Crippen molar-refractivity contribution in [1.29, 1.82) is 5.26 Å². The Morgan fingerprint density at radius 1 is 1.24 bits per heavy atom. The van der Waals surface area contributed by atoms with Crippen molar-refractivity contribution < 1.29 is 14.1 Å². The predicted octanol–water partition coefficient (Wildman–Crippen LogP) is 2.86. The Balaban J connectivity index is 2.31. The van der Waals surface area contributed by atoms with Gasteiger partial charge in [-0.05, 0) is 36.4 Å². The molecule has 0 aliphatic rings. The van der Waals surface area contributed by atoms with Crippen LogP contribution >= 0.6 is 0 Å². The first-order valence-corrected chi connectivity index (χ1v) is 5.76. The number of nitrogens with zero attached hydrogens (tertiary/aromatic N) is 2. The summed E-state index contributed by atoms with van der Waals surface area (Å²) in [4.78, 5) is 22.2. The molecule has 2 aromatic rings. The molecule has 6 nitrogen and oxygen atoms in total. The molecule has 0 heterocycles. The fourth-order valence-corrected chi connectivity index (χ4v) is 1.65. The molecule has 104 valence electrons. The molecule has 0 saturated heterocycles. The van der Waals surface area contributed by atoms with Gasteiger partial charge in [-0.2, -0.15) is 5.26 Å². The lowest BCUT2D eigenvalue weighted by molar-refractivity contribution is -0.383. The lowest BCUT2D eigenvalue weighted by Gasteiger charge is -2.06. The summed E-state index contributed by atoms with van der Waals surface area (Å²) >= 11 is 0. The highest BCUT2D eigenvalue weighted by Gasteiger charge is 2.17. The van der Waals surface area contributed by atoms with Crippen molar-refractivity contribution in [2.75, 3.05) is 5.32 Å². The summed E-state index contributed by atoms with van der Waals surface area (Å²) in [6.45, 7) is 0. The van der Waals surface area contributed by atoms with E-state index < -0.39 is 16.6 Å². The zero-order valence-electron chi connectivity index (χ0n) is 10.5. The second-order valence-electron chi connectivity index (χ2n) is 4.06. The van der Waals surface area contributed by atoms with E-state index >= 15 is 0 Å². The van der Waals surface area contributed by atoms with Crippen LogP contribution in [0.1, 0.15) is 15.9 Å². The van der Waals surface area contributed by atoms with Crippen molar-refractivity contribution in [3.05, 3.63) is 69.5 Å². The molecular formula is C14H8FN3O3. The highest BCUT2D eigenvalue weighted by atomic mass is 19.1. The third kappa shape index (κ3) is 3.19. The summed E-state index contributed by atoms with van der Waals surface area (Å²) in [5.41, 5.74) is -0.144. The van der Waals surface area contributed by atoms with Crippen molar-refractivity contribution in [3.8, 4) is 6.07 Å². The predicted molar refractivity (Wildman–Crippen MR) is 72.2 cm³/mol. The van der Waals surface area contributed by atoms with Crippen LogP contribution in [0, 0.1) is 27.3 Å². The first-order valence-electron chi connectivity index (χ1n) is 5.76. The van der Waals surface area contributed by atoms with E-state index in [2.05, 4.69) is 5.32 Å². The average Bonchev–Trinajstić information content (AvgIpc) is 2.48. The Labute approximate surface area is 118 Å². The van der Waals surface area contributed by atoms with Crippen LogP contribution in [0.15, 0.2) is 42.5 Å². The molecule has 7 heteroatoms. The van der Waals surface area contributed by atoms with Crippen molar-refractivity contribution in [3.63, 3.8) is 0 Å². The Kier molecular flexibility index (Phi) is 3.90. The second kappa shape index (κ2) is 5.79. The molecule has 2 rings (SSSR count). The van der Waals surface area contributed by atoms with Gasteiger partial charge < -0.3 is 5.32 Å². The second-order valence-corrected chi connectivity index (χ2v) is 4.06. The molecule has 1 N–H and O–H groups in total. The first kappa shape index (κ1) is 14.1. The van der Waals surface area contributed by atoms with Crippen LogP contribution in [0.2, 0.25) is 0 Å². The highest BCUT2D eigenvalue weighted by molar-refractivity contribution is 6.05. The van der Waals surface area contributed by atoms with Crippen LogP contribution in [-0.2, 0) is 0 Å². The molecular weight excluding hydrogens is 277 g/mol. The van der Waals surface area contributed by atoms with Crippen LogP contribution < -0.4 is 5.32 Å². The molecule has 0 radical (unpaired) electrons. The molecule has 2 aromatic carbocycles. The Morgan fingerprint density at radius 2 is 1.90 bits per heavy atom. The summed E-state index contributed by atoms with van der Waals surface area (Å²) in [7, 11) is 0. The van der Waals surface area contributed by atoms with Crippen LogP contribution in [0.5, 0.6) is 0 Å². The number of nitro groups is 1. The van der Waals surface area contributed by atoms with Crippen LogP contribution in [-0.4, -0.2) is 10.8 Å². The minimum Gasteiger partial charge on any atom is -0.316 e. The summed E-state index contributed by atoms with van der Waals surface area (Å²) in [5.74, 6) is -1.10. The Bertz CT molecular complexity index is 751. The van der Waals surface area contributed by atoms with Gasteiger partial charge in [0.25, 0.3) is 11.6 Å². The van der Waals surface area contributed by atoms with Crippen molar-refractivity contribution in [2.45, 2.75) is 0 Å². The van der Waals surface area contributed by atoms with Gasteiger partial charge in [0.05, 0.1) is 16.6 Å². The SMILES string of the molecule is N#Cc1ccc(NC(=O)c2ccc(F)cc2)c([N+](=O)[O-])c1. The lowest BCUT2D eigenvalue weighted by atomic mass is 10.1. The minimum atomic E-state index is -0.693. The standard InChI is InChI=1S/C14H8FN3O3/c15-11-4-2-10(3-5-11)14(19)17-12-6-1-9(8-16)7-13(12)18(20)21/h1-7H,(H,17,19). The van der Waals surface area contributed by atoms with Gasteiger partial charge in [-0.25, -0.2) is 4.39 Å². The summed E-state index contributed by atoms with van der Waals surface area (Å²) in [6.07, 6.45) is 0. The fourth-order valence-electron chi connectivity index (χ4n) is 1.65. The van der Waals surface area contributed by atoms with E-state index in [0.29, 0.717) is 0 Å². The van der Waals surface area contributed by atoms with Crippen molar-refractivity contribution in [1.82, 2.24) is 0 Å². The quantitative estimate of drug-likeness (QED) is 0.692. The number of amides is 1. The van der Waals surface area contributed by atoms with E-state index in [1.54, 1.807) is 6.07 Å². The number of benzene rings is 2. The molecule has 0 atom stereocenters. The maximum atomic E-state index is 12.8. The van der Waals surface area contributed by atoms with E-state index in [9.17, 15) is 19.3 Å². The lowest BCUT2D eigenvalue weighted by Crippen LogP contribution is -2.13. The third-order valence-electron chi connectivity index (χ3n) is 2.68. The van der Waals surface area contributed by atoms with Crippen molar-refractivity contribution in [2.24, 2.45) is 0 Å². The van der Waals surface area contributed by atoms with E-state index in [4.69, 9.17) is 5.26 Å². The zero-order valence-corrected chi connectivity index (χ0v) is 10.5. The Morgan fingerprint density at radius 3 is 2.48 bits per heavy atom. The fraction of sp³-hybridized carbons (Fsp3) is 0. The van der Waals surface area contributed by atoms with E-state index in [1.165, 1.54) is 24.3 Å². The molecule has 0 saturated carbocycles. The molecule has 0 aromatic heterocycles. The first-order chi connectivity index (χ1) is 10.0. The Hall–Kier alpha value is -3.27. The molecule has 0 aliphatic carbocycles. The summed E-state index contributed by atoms with van der Waals surface area (Å²) in [5, 5.41) is 22.0. The molecule has 0 fully saturated rings. The number of hydrogen-bond acceptors (Lipinski definition) is 4. The van der Waals surface area contributed by atoms with E-state index in [1.807, 2.05) is 0 Å². The number of nitriles is 1. The molecule has 21 heavy (non-hydrogen) atoms. The van der Waals surface area contributed by atoms with Crippen LogP contribution in [0.25, 0.3) is 0 Å². The normalized spacial score (nSPS) is 9.71. The number of carbonyl (C=O) groups is 1. The number of anilines is 1. The van der Waals surface area contributed by atoms with Crippen LogP contribution in [0.3, 0.4) is 0 Å². The summed E-state index contributed by atoms with van der Waals surface area (Å²) in [6, 6.07) is 10.2. The van der Waals surface area contributed by atoms with Gasteiger partial charge in [-0.3, -0.25) is 14.9 Å². The van der Waals surface area contributed by atoms with Crippen molar-refractivity contribution >= 4 is 17.3 Å². The maximum Gasteiger partial charge on any atom is 0.294 e. The average molecular weight is 285 g/mol. The van der Waals surface area contributed by atoms with Gasteiger partial charge in [0.1, 0.15) is 11.5 Å². The molecule has 0 aliphatic heterocycles. The molecule has 0 bridgehead atoms. The van der Waals surface area contributed by atoms with Gasteiger partial charge in [0, 0.05) is 11.6 Å². The zero-order chi connectivity index (χ0) is 15.4. The van der Waals surface area contributed by atoms with Gasteiger partial charge in [0.2, 0.25) is 0 Å². The van der Waals surface area contributed by atoms with E-state index in [-0.39, 0.29) is 22.5 Å². The van der Waals surface area contributed by atoms with E-state index in [0.717, 1.165) is 18.2 Å². The molecule has 1 amide bonds. The number of rotatable bonds is 3. The maximum absolute atomic E-state index is 12.8. The number of carbonyl (C=O) groups excluding carboxylic acids is 1. The minimum absolute atomic E-state index is 0.0340. The van der Waals surface area contributed by atoms with Gasteiger partial charge in [-0.1, -0.05) is 0 Å². The monoisotopic (exact) mass is 285 g/mol. The largest absolute Gasteiger partial charge is 0.316 e. The molecule has 0 spiro atoms. The smallest absolute Gasteiger partial charge is 0.294 e. The number of halogens is 1. The topological polar surface area (TPSA) is 96.0 Å². The summed E-state index contributed by atoms with van der Waals surface area (Å²) < 4.78 is 12.8. The van der Waals surface area contributed by atoms with Gasteiger partial charge in [0.15, 0.2) is 0 Å².